The second-order valence-electron chi connectivity index (χ2n) is 7.73. The Bertz CT molecular complexity index is 1190. The molecule has 0 aliphatic heterocycles. The molecule has 1 atom stereocenters. The number of rotatable bonds is 9. The molecule has 1 aromatic heterocycles. The number of aromatic amines is 1. The van der Waals surface area contributed by atoms with Gasteiger partial charge in [0.1, 0.15) is 11.7 Å². The maximum absolute atomic E-state index is 13.0. The Morgan fingerprint density at radius 1 is 0.909 bits per heavy atom. The molecule has 3 N–H and O–H groups in total. The van der Waals surface area contributed by atoms with Gasteiger partial charge in [-0.15, -0.1) is 11.6 Å². The number of fused-ring (bicyclic) bond motifs is 1. The van der Waals surface area contributed by atoms with Gasteiger partial charge < -0.3 is 15.6 Å². The molecule has 0 aliphatic rings. The summed E-state index contributed by atoms with van der Waals surface area (Å²) in [5.41, 5.74) is 4.48. The number of para-hydroxylation sites is 2. The van der Waals surface area contributed by atoms with Crippen molar-refractivity contribution in [3.8, 4) is 11.1 Å². The molecule has 0 radical (unpaired) electrons. The Hall–Kier alpha value is -3.64. The summed E-state index contributed by atoms with van der Waals surface area (Å²) in [5, 5.41) is 5.86. The quantitative estimate of drug-likeness (QED) is 0.247. The average Bonchev–Trinajstić information content (AvgIpc) is 3.30. The van der Waals surface area contributed by atoms with Crippen LogP contribution in [0.15, 0.2) is 78.9 Å². The van der Waals surface area contributed by atoms with Gasteiger partial charge in [-0.3, -0.25) is 9.59 Å². The van der Waals surface area contributed by atoms with Crippen molar-refractivity contribution in [2.45, 2.75) is 18.9 Å². The molecule has 0 saturated carbocycles. The van der Waals surface area contributed by atoms with Crippen molar-refractivity contribution < 1.29 is 9.59 Å². The Morgan fingerprint density at radius 3 is 2.33 bits per heavy atom. The number of hydrogen-bond acceptors (Lipinski definition) is 3. The summed E-state index contributed by atoms with van der Waals surface area (Å²) in [4.78, 5) is 32.4. The molecule has 1 heterocycles. The molecule has 3 aromatic carbocycles. The summed E-state index contributed by atoms with van der Waals surface area (Å²) in [7, 11) is 0. The van der Waals surface area contributed by atoms with Crippen molar-refractivity contribution in [1.82, 2.24) is 20.6 Å². The van der Waals surface area contributed by atoms with E-state index in [9.17, 15) is 9.59 Å². The van der Waals surface area contributed by atoms with Gasteiger partial charge in [-0.1, -0.05) is 54.6 Å². The summed E-state index contributed by atoms with van der Waals surface area (Å²) in [6, 6.07) is 25.0. The van der Waals surface area contributed by atoms with Gasteiger partial charge in [0.2, 0.25) is 5.91 Å². The number of alkyl halides is 1. The number of nitrogens with one attached hydrogen (secondary N) is 3. The molecule has 6 nitrogen and oxygen atoms in total. The SMILES string of the molecule is O=C(CCl)NCCC[C@H](NC(=O)c1ccc(-c2ccccc2)cc1)c1nc2ccccc2[nH]1. The number of hydrogen-bond donors (Lipinski definition) is 3. The van der Waals surface area contributed by atoms with Crippen molar-refractivity contribution in [2.75, 3.05) is 12.4 Å². The first-order valence-electron chi connectivity index (χ1n) is 10.9. The molecule has 0 unspecified atom stereocenters. The average molecular weight is 461 g/mol. The minimum absolute atomic E-state index is 0.0668. The lowest BCUT2D eigenvalue weighted by molar-refractivity contribution is -0.118. The van der Waals surface area contributed by atoms with Gasteiger partial charge in [0.25, 0.3) is 5.91 Å². The number of carbonyl (C=O) groups is 2. The summed E-state index contributed by atoms with van der Waals surface area (Å²) in [6.07, 6.45) is 1.27. The van der Waals surface area contributed by atoms with Crippen LogP contribution in [0.5, 0.6) is 0 Å². The number of H-pyrrole nitrogens is 1. The molecule has 0 aliphatic carbocycles. The zero-order valence-corrected chi connectivity index (χ0v) is 18.8. The molecular weight excluding hydrogens is 436 g/mol. The van der Waals surface area contributed by atoms with E-state index >= 15 is 0 Å². The van der Waals surface area contributed by atoms with E-state index in [1.54, 1.807) is 0 Å². The van der Waals surface area contributed by atoms with Crippen molar-refractivity contribution in [3.63, 3.8) is 0 Å². The summed E-state index contributed by atoms with van der Waals surface area (Å²) < 4.78 is 0. The van der Waals surface area contributed by atoms with Crippen LogP contribution < -0.4 is 10.6 Å². The van der Waals surface area contributed by atoms with Gasteiger partial charge in [0.05, 0.1) is 17.1 Å². The maximum atomic E-state index is 13.0. The van der Waals surface area contributed by atoms with Crippen LogP contribution in [0.3, 0.4) is 0 Å². The van der Waals surface area contributed by atoms with Crippen LogP contribution >= 0.6 is 11.6 Å². The van der Waals surface area contributed by atoms with Gasteiger partial charge >= 0.3 is 0 Å². The molecular formula is C26H25ClN4O2. The highest BCUT2D eigenvalue weighted by molar-refractivity contribution is 6.27. The molecule has 0 bridgehead atoms. The summed E-state index contributed by atoms with van der Waals surface area (Å²) in [5.74, 6) is 0.237. The zero-order chi connectivity index (χ0) is 23.0. The topological polar surface area (TPSA) is 86.9 Å². The van der Waals surface area contributed by atoms with Crippen LogP contribution in [0, 0.1) is 0 Å². The van der Waals surface area contributed by atoms with Crippen LogP contribution in [-0.4, -0.2) is 34.2 Å². The molecule has 0 saturated heterocycles. The van der Waals surface area contributed by atoms with Crippen molar-refractivity contribution in [2.24, 2.45) is 0 Å². The standard InChI is InChI=1S/C26H25ClN4O2/c27-17-24(32)28-16-6-11-23(25-29-21-9-4-5-10-22(21)30-25)31-26(33)20-14-12-19(13-15-20)18-7-2-1-3-8-18/h1-5,7-10,12-15,23H,6,11,16-17H2,(H,28,32)(H,29,30)(H,31,33)/t23-/m0/s1. The fourth-order valence-corrected chi connectivity index (χ4v) is 3.78. The summed E-state index contributed by atoms with van der Waals surface area (Å²) >= 11 is 5.54. The first kappa shape index (κ1) is 22.6. The Labute approximate surface area is 197 Å². The third-order valence-corrected chi connectivity index (χ3v) is 5.65. The summed E-state index contributed by atoms with van der Waals surface area (Å²) in [6.45, 7) is 0.476. The number of halogens is 1. The highest BCUT2D eigenvalue weighted by Gasteiger charge is 2.19. The van der Waals surface area contributed by atoms with Crippen molar-refractivity contribution in [1.29, 1.82) is 0 Å². The van der Waals surface area contributed by atoms with E-state index in [-0.39, 0.29) is 23.7 Å². The smallest absolute Gasteiger partial charge is 0.251 e. The third-order valence-electron chi connectivity index (χ3n) is 5.41. The van der Waals surface area contributed by atoms with Gasteiger partial charge in [-0.05, 0) is 48.2 Å². The van der Waals surface area contributed by atoms with Gasteiger partial charge in [0, 0.05) is 12.1 Å². The fourth-order valence-electron chi connectivity index (χ4n) is 3.68. The van der Waals surface area contributed by atoms with E-state index in [2.05, 4.69) is 20.6 Å². The van der Waals surface area contributed by atoms with Crippen LogP contribution in [0.2, 0.25) is 0 Å². The first-order valence-corrected chi connectivity index (χ1v) is 11.4. The predicted molar refractivity (Wildman–Crippen MR) is 131 cm³/mol. The van der Waals surface area contributed by atoms with E-state index < -0.39 is 0 Å². The van der Waals surface area contributed by atoms with Crippen molar-refractivity contribution >= 4 is 34.4 Å². The van der Waals surface area contributed by atoms with Crippen LogP contribution in [0.25, 0.3) is 22.2 Å². The Kier molecular flexibility index (Phi) is 7.37. The number of imidazole rings is 1. The Morgan fingerprint density at radius 2 is 1.61 bits per heavy atom. The largest absolute Gasteiger partial charge is 0.355 e. The van der Waals surface area contributed by atoms with Gasteiger partial charge in [-0.2, -0.15) is 0 Å². The molecule has 0 spiro atoms. The predicted octanol–water partition coefficient (Wildman–Crippen LogP) is 4.84. The van der Waals surface area contributed by atoms with Crippen LogP contribution in [-0.2, 0) is 4.79 Å². The minimum atomic E-state index is -0.327. The second-order valence-corrected chi connectivity index (χ2v) is 8.00. The lowest BCUT2D eigenvalue weighted by atomic mass is 10.0. The minimum Gasteiger partial charge on any atom is -0.355 e. The third kappa shape index (κ3) is 5.79. The normalized spacial score (nSPS) is 11.8. The number of carbonyl (C=O) groups excluding carboxylic acids is 2. The van der Waals surface area contributed by atoms with Gasteiger partial charge in [0.15, 0.2) is 0 Å². The number of aromatic nitrogens is 2. The molecule has 4 aromatic rings. The zero-order valence-electron chi connectivity index (χ0n) is 18.1. The molecule has 4 rings (SSSR count). The fraction of sp³-hybridized carbons (Fsp3) is 0.192. The van der Waals surface area contributed by atoms with E-state index in [1.165, 1.54) is 0 Å². The molecule has 2 amide bonds. The molecule has 0 fully saturated rings. The van der Waals surface area contributed by atoms with Crippen molar-refractivity contribution in [3.05, 3.63) is 90.3 Å². The monoisotopic (exact) mass is 460 g/mol. The highest BCUT2D eigenvalue weighted by atomic mass is 35.5. The second kappa shape index (κ2) is 10.8. The number of nitrogens with zero attached hydrogens (tertiary/aromatic N) is 1. The van der Waals surface area contributed by atoms with E-state index in [4.69, 9.17) is 11.6 Å². The number of amides is 2. The van der Waals surface area contributed by atoms with Gasteiger partial charge in [-0.25, -0.2) is 4.98 Å². The molecule has 33 heavy (non-hydrogen) atoms. The lowest BCUT2D eigenvalue weighted by Crippen LogP contribution is -2.31. The van der Waals surface area contributed by atoms with E-state index in [0.717, 1.165) is 22.2 Å². The molecule has 168 valence electrons. The van der Waals surface area contributed by atoms with Crippen LogP contribution in [0.4, 0.5) is 0 Å². The van der Waals surface area contributed by atoms with E-state index in [0.29, 0.717) is 30.8 Å². The highest BCUT2D eigenvalue weighted by Crippen LogP contribution is 2.22. The van der Waals surface area contributed by atoms with Crippen LogP contribution in [0.1, 0.15) is 35.1 Å². The maximum Gasteiger partial charge on any atom is 0.251 e. The van der Waals surface area contributed by atoms with E-state index in [1.807, 2.05) is 78.9 Å². The lowest BCUT2D eigenvalue weighted by Gasteiger charge is -2.17. The molecule has 7 heteroatoms. The Balaban J connectivity index is 1.48. The number of benzene rings is 3. The first-order chi connectivity index (χ1) is 16.1.